The summed E-state index contributed by atoms with van der Waals surface area (Å²) >= 11 is 5.84. The Labute approximate surface area is 167 Å². The molecule has 1 heterocycles. The average molecular weight is 392 g/mol. The number of benzene rings is 3. The van der Waals surface area contributed by atoms with Gasteiger partial charge < -0.3 is 10.1 Å². The lowest BCUT2D eigenvalue weighted by Crippen LogP contribution is -2.20. The number of aryl methyl sites for hydroxylation is 1. The Kier molecular flexibility index (Phi) is 5.00. The van der Waals surface area contributed by atoms with Crippen molar-refractivity contribution >= 4 is 34.2 Å². The van der Waals surface area contributed by atoms with Gasteiger partial charge in [-0.3, -0.25) is 9.89 Å². The van der Waals surface area contributed by atoms with Crippen molar-refractivity contribution in [2.45, 2.75) is 6.92 Å². The van der Waals surface area contributed by atoms with Crippen molar-refractivity contribution in [1.82, 2.24) is 10.2 Å². The molecule has 0 bridgehead atoms. The maximum atomic E-state index is 12.2. The van der Waals surface area contributed by atoms with Crippen LogP contribution < -0.4 is 10.1 Å². The quantitative estimate of drug-likeness (QED) is 0.490. The molecule has 0 radical (unpaired) electrons. The summed E-state index contributed by atoms with van der Waals surface area (Å²) in [6.07, 6.45) is 0. The number of H-pyrrole nitrogens is 1. The van der Waals surface area contributed by atoms with Gasteiger partial charge in [-0.2, -0.15) is 5.10 Å². The summed E-state index contributed by atoms with van der Waals surface area (Å²) < 4.78 is 5.46. The number of carbonyl (C=O) groups is 1. The van der Waals surface area contributed by atoms with E-state index in [1.165, 1.54) is 5.56 Å². The number of amides is 1. The highest BCUT2D eigenvalue weighted by molar-refractivity contribution is 6.30. The molecule has 0 fully saturated rings. The molecule has 0 aliphatic rings. The van der Waals surface area contributed by atoms with Gasteiger partial charge in [0.1, 0.15) is 5.75 Å². The molecule has 0 spiro atoms. The first-order valence-corrected chi connectivity index (χ1v) is 9.20. The summed E-state index contributed by atoms with van der Waals surface area (Å²) in [7, 11) is 0. The van der Waals surface area contributed by atoms with E-state index in [0.29, 0.717) is 16.6 Å². The third-order valence-corrected chi connectivity index (χ3v) is 4.64. The van der Waals surface area contributed by atoms with Gasteiger partial charge in [0.2, 0.25) is 0 Å². The van der Waals surface area contributed by atoms with E-state index in [9.17, 15) is 4.79 Å². The standard InChI is InChI=1S/C22H18ClN3O2/c1-14-2-4-15(5-3-14)16-6-11-19-20(12-16)25-26-22(19)24-21(27)13-28-18-9-7-17(23)8-10-18/h2-12H,13H2,1H3,(H2,24,25,26,27). The summed E-state index contributed by atoms with van der Waals surface area (Å²) in [4.78, 5) is 12.2. The summed E-state index contributed by atoms with van der Waals surface area (Å²) in [6.45, 7) is 1.95. The molecule has 1 aromatic heterocycles. The molecule has 1 amide bonds. The number of hydrogen-bond acceptors (Lipinski definition) is 3. The summed E-state index contributed by atoms with van der Waals surface area (Å²) in [6, 6.07) is 21.2. The molecule has 28 heavy (non-hydrogen) atoms. The second-order valence-electron chi connectivity index (χ2n) is 6.49. The molecule has 0 unspecified atom stereocenters. The topological polar surface area (TPSA) is 67.0 Å². The van der Waals surface area contributed by atoms with Crippen molar-refractivity contribution in [1.29, 1.82) is 0 Å². The van der Waals surface area contributed by atoms with Crippen molar-refractivity contribution in [3.8, 4) is 16.9 Å². The third kappa shape index (κ3) is 4.00. The van der Waals surface area contributed by atoms with E-state index in [4.69, 9.17) is 16.3 Å². The number of ether oxygens (including phenoxy) is 1. The number of aromatic amines is 1. The lowest BCUT2D eigenvalue weighted by molar-refractivity contribution is -0.118. The number of anilines is 1. The van der Waals surface area contributed by atoms with Crippen molar-refractivity contribution in [3.05, 3.63) is 77.3 Å². The molecule has 4 aromatic rings. The van der Waals surface area contributed by atoms with Crippen LogP contribution in [0.2, 0.25) is 5.02 Å². The average Bonchev–Trinajstić information content (AvgIpc) is 3.10. The van der Waals surface area contributed by atoms with Crippen molar-refractivity contribution in [2.24, 2.45) is 0 Å². The fourth-order valence-electron chi connectivity index (χ4n) is 2.89. The van der Waals surface area contributed by atoms with Gasteiger partial charge >= 0.3 is 0 Å². The van der Waals surface area contributed by atoms with Gasteiger partial charge in [0.25, 0.3) is 5.91 Å². The highest BCUT2D eigenvalue weighted by Gasteiger charge is 2.11. The molecule has 4 rings (SSSR count). The molecule has 0 aliphatic heterocycles. The minimum atomic E-state index is -0.286. The third-order valence-electron chi connectivity index (χ3n) is 4.39. The van der Waals surface area contributed by atoms with E-state index in [0.717, 1.165) is 22.0 Å². The molecular formula is C22H18ClN3O2. The number of nitrogens with zero attached hydrogens (tertiary/aromatic N) is 1. The number of fused-ring (bicyclic) bond motifs is 1. The maximum Gasteiger partial charge on any atom is 0.263 e. The lowest BCUT2D eigenvalue weighted by atomic mass is 10.0. The first-order valence-electron chi connectivity index (χ1n) is 8.82. The molecular weight excluding hydrogens is 374 g/mol. The zero-order valence-corrected chi connectivity index (χ0v) is 16.0. The zero-order chi connectivity index (χ0) is 19.5. The molecule has 0 saturated carbocycles. The Balaban J connectivity index is 1.46. The second-order valence-corrected chi connectivity index (χ2v) is 6.93. The van der Waals surface area contributed by atoms with Crippen LogP contribution >= 0.6 is 11.6 Å². The monoisotopic (exact) mass is 391 g/mol. The van der Waals surface area contributed by atoms with Gasteiger partial charge in [0, 0.05) is 10.4 Å². The van der Waals surface area contributed by atoms with Gasteiger partial charge in [-0.15, -0.1) is 0 Å². The molecule has 0 saturated heterocycles. The van der Waals surface area contributed by atoms with Gasteiger partial charge in [0.05, 0.1) is 5.52 Å². The number of aromatic nitrogens is 2. The number of rotatable bonds is 5. The van der Waals surface area contributed by atoms with Gasteiger partial charge in [-0.1, -0.05) is 47.5 Å². The van der Waals surface area contributed by atoms with Crippen LogP contribution in [0.1, 0.15) is 5.56 Å². The Hall–Kier alpha value is -3.31. The van der Waals surface area contributed by atoms with Crippen LogP contribution in [0.5, 0.6) is 5.75 Å². The van der Waals surface area contributed by atoms with Crippen LogP contribution in [-0.4, -0.2) is 22.7 Å². The number of carbonyl (C=O) groups excluding carboxylic acids is 1. The van der Waals surface area contributed by atoms with Crippen molar-refractivity contribution in [3.63, 3.8) is 0 Å². The van der Waals surface area contributed by atoms with Crippen LogP contribution in [0.3, 0.4) is 0 Å². The van der Waals surface area contributed by atoms with E-state index >= 15 is 0 Å². The summed E-state index contributed by atoms with van der Waals surface area (Å²) in [5.41, 5.74) is 4.29. The van der Waals surface area contributed by atoms with Crippen molar-refractivity contribution < 1.29 is 9.53 Å². The predicted octanol–water partition coefficient (Wildman–Crippen LogP) is 5.21. The first kappa shape index (κ1) is 18.1. The molecule has 3 aromatic carbocycles. The van der Waals surface area contributed by atoms with Crippen LogP contribution in [0.25, 0.3) is 22.0 Å². The molecule has 5 nitrogen and oxygen atoms in total. The fraction of sp³-hybridized carbons (Fsp3) is 0.0909. The van der Waals surface area contributed by atoms with Crippen LogP contribution in [0, 0.1) is 6.92 Å². The summed E-state index contributed by atoms with van der Waals surface area (Å²) in [5, 5.41) is 11.4. The number of hydrogen-bond donors (Lipinski definition) is 2. The number of halogens is 1. The SMILES string of the molecule is Cc1ccc(-c2ccc3c(NC(=O)COc4ccc(Cl)cc4)n[nH]c3c2)cc1. The molecule has 6 heteroatoms. The van der Waals surface area contributed by atoms with E-state index in [1.54, 1.807) is 24.3 Å². The molecule has 0 aliphatic carbocycles. The number of nitrogens with one attached hydrogen (secondary N) is 2. The Morgan fingerprint density at radius 2 is 1.75 bits per heavy atom. The normalized spacial score (nSPS) is 10.8. The predicted molar refractivity (Wildman–Crippen MR) is 112 cm³/mol. The highest BCUT2D eigenvalue weighted by atomic mass is 35.5. The van der Waals surface area contributed by atoms with E-state index in [1.807, 2.05) is 18.2 Å². The maximum absolute atomic E-state index is 12.2. The largest absolute Gasteiger partial charge is 0.484 e. The van der Waals surface area contributed by atoms with Crippen molar-refractivity contribution in [2.75, 3.05) is 11.9 Å². The van der Waals surface area contributed by atoms with Crippen LogP contribution in [-0.2, 0) is 4.79 Å². The lowest BCUT2D eigenvalue weighted by Gasteiger charge is -2.06. The van der Waals surface area contributed by atoms with E-state index in [2.05, 4.69) is 46.7 Å². The Morgan fingerprint density at radius 1 is 1.04 bits per heavy atom. The van der Waals surface area contributed by atoms with Gasteiger partial charge in [-0.25, -0.2) is 0 Å². The minimum absolute atomic E-state index is 0.114. The molecule has 2 N–H and O–H groups in total. The molecule has 0 atom stereocenters. The van der Waals surface area contributed by atoms with Crippen LogP contribution in [0.15, 0.2) is 66.7 Å². The van der Waals surface area contributed by atoms with Crippen LogP contribution in [0.4, 0.5) is 5.82 Å². The molecule has 140 valence electrons. The minimum Gasteiger partial charge on any atom is -0.484 e. The highest BCUT2D eigenvalue weighted by Crippen LogP contribution is 2.27. The van der Waals surface area contributed by atoms with E-state index in [-0.39, 0.29) is 12.5 Å². The Bertz CT molecular complexity index is 1120. The first-order chi connectivity index (χ1) is 13.6. The summed E-state index contributed by atoms with van der Waals surface area (Å²) in [5.74, 6) is 0.773. The van der Waals surface area contributed by atoms with Gasteiger partial charge in [0.15, 0.2) is 12.4 Å². The van der Waals surface area contributed by atoms with E-state index < -0.39 is 0 Å². The van der Waals surface area contributed by atoms with Gasteiger partial charge in [-0.05, 0) is 54.4 Å². The fourth-order valence-corrected chi connectivity index (χ4v) is 3.01. The second kappa shape index (κ2) is 7.74. The zero-order valence-electron chi connectivity index (χ0n) is 15.2. The Morgan fingerprint density at radius 3 is 2.50 bits per heavy atom. The smallest absolute Gasteiger partial charge is 0.263 e.